The van der Waals surface area contributed by atoms with Crippen molar-refractivity contribution in [3.8, 4) is 11.4 Å². The van der Waals surface area contributed by atoms with Gasteiger partial charge in [0, 0.05) is 18.1 Å². The number of fused-ring (bicyclic) bond motifs is 1. The summed E-state index contributed by atoms with van der Waals surface area (Å²) in [5, 5.41) is 6.95. The van der Waals surface area contributed by atoms with Crippen LogP contribution in [0.4, 0.5) is 5.69 Å². The Hall–Kier alpha value is -3.40. The van der Waals surface area contributed by atoms with E-state index < -0.39 is 15.8 Å². The lowest BCUT2D eigenvalue weighted by Gasteiger charge is -2.11. The SMILES string of the molecule is CCc1nc(-c2ccccc2NS(=O)(=O)c2ccc3[nH]c(=O)oc3c2)n[nH]1. The van der Waals surface area contributed by atoms with Crippen LogP contribution < -0.4 is 10.5 Å². The largest absolute Gasteiger partial charge is 0.417 e. The van der Waals surface area contributed by atoms with Crippen molar-refractivity contribution >= 4 is 26.8 Å². The van der Waals surface area contributed by atoms with E-state index in [1.54, 1.807) is 24.3 Å². The van der Waals surface area contributed by atoms with E-state index in [1.165, 1.54) is 18.2 Å². The molecule has 0 saturated carbocycles. The molecule has 9 nitrogen and oxygen atoms in total. The Kier molecular flexibility index (Phi) is 4.04. The topological polar surface area (TPSA) is 134 Å². The molecule has 2 heterocycles. The first-order valence-corrected chi connectivity index (χ1v) is 9.61. The Balaban J connectivity index is 1.73. The summed E-state index contributed by atoms with van der Waals surface area (Å²) in [5.74, 6) is 0.460. The smallest absolute Gasteiger partial charge is 0.408 e. The number of anilines is 1. The molecule has 2 aromatic carbocycles. The van der Waals surface area contributed by atoms with Crippen LogP contribution in [-0.2, 0) is 16.4 Å². The van der Waals surface area contributed by atoms with Gasteiger partial charge in [0.05, 0.1) is 16.1 Å². The van der Waals surface area contributed by atoms with Crippen LogP contribution >= 0.6 is 0 Å². The van der Waals surface area contributed by atoms with Gasteiger partial charge in [-0.25, -0.2) is 18.2 Å². The fourth-order valence-electron chi connectivity index (χ4n) is 2.64. The van der Waals surface area contributed by atoms with E-state index in [9.17, 15) is 13.2 Å². The number of aromatic amines is 2. The number of sulfonamides is 1. The van der Waals surface area contributed by atoms with E-state index in [1.807, 2.05) is 6.92 Å². The number of aromatic nitrogens is 4. The third-order valence-electron chi connectivity index (χ3n) is 3.98. The minimum Gasteiger partial charge on any atom is -0.408 e. The lowest BCUT2D eigenvalue weighted by Crippen LogP contribution is -2.13. The first-order chi connectivity index (χ1) is 13.0. The van der Waals surface area contributed by atoms with Gasteiger partial charge in [-0.15, -0.1) is 0 Å². The van der Waals surface area contributed by atoms with Gasteiger partial charge in [-0.2, -0.15) is 5.10 Å². The molecule has 3 N–H and O–H groups in total. The predicted octanol–water partition coefficient (Wildman–Crippen LogP) is 2.27. The molecule has 0 aliphatic rings. The van der Waals surface area contributed by atoms with Crippen molar-refractivity contribution in [3.05, 3.63) is 58.8 Å². The molecule has 0 bridgehead atoms. The molecule has 138 valence electrons. The maximum absolute atomic E-state index is 12.8. The molecule has 27 heavy (non-hydrogen) atoms. The Morgan fingerprint density at radius 3 is 2.78 bits per heavy atom. The number of hydrogen-bond donors (Lipinski definition) is 3. The van der Waals surface area contributed by atoms with Gasteiger partial charge in [0.2, 0.25) is 0 Å². The van der Waals surface area contributed by atoms with Gasteiger partial charge in [0.25, 0.3) is 10.0 Å². The standard InChI is InChI=1S/C17H15N5O4S/c1-2-15-19-16(21-20-15)11-5-3-4-6-12(11)22-27(24,25)10-7-8-13-14(9-10)26-17(23)18-13/h3-9,22H,2H2,1H3,(H,18,23)(H,19,20,21). The van der Waals surface area contributed by atoms with Gasteiger partial charge in [-0.1, -0.05) is 19.1 Å². The molecule has 0 spiro atoms. The molecule has 4 aromatic rings. The summed E-state index contributed by atoms with van der Waals surface area (Å²) in [7, 11) is -3.92. The summed E-state index contributed by atoms with van der Waals surface area (Å²) < 4.78 is 33.1. The summed E-state index contributed by atoms with van der Waals surface area (Å²) in [6, 6.07) is 11.0. The third-order valence-corrected chi connectivity index (χ3v) is 5.34. The number of hydrogen-bond acceptors (Lipinski definition) is 6. The summed E-state index contributed by atoms with van der Waals surface area (Å²) in [4.78, 5) is 18.1. The van der Waals surface area contributed by atoms with E-state index in [0.717, 1.165) is 0 Å². The number of rotatable bonds is 5. The highest BCUT2D eigenvalue weighted by atomic mass is 32.2. The number of H-pyrrole nitrogens is 2. The summed E-state index contributed by atoms with van der Waals surface area (Å²) in [5.41, 5.74) is 1.48. The van der Waals surface area contributed by atoms with Gasteiger partial charge >= 0.3 is 5.76 Å². The third kappa shape index (κ3) is 3.22. The molecule has 10 heteroatoms. The van der Waals surface area contributed by atoms with Gasteiger partial charge in [0.1, 0.15) is 5.82 Å². The Labute approximate surface area is 153 Å². The predicted molar refractivity (Wildman–Crippen MR) is 98.8 cm³/mol. The molecule has 0 fully saturated rings. The van der Waals surface area contributed by atoms with Crippen molar-refractivity contribution in [1.29, 1.82) is 0 Å². The van der Waals surface area contributed by atoms with Crippen molar-refractivity contribution in [2.75, 3.05) is 4.72 Å². The second-order valence-corrected chi connectivity index (χ2v) is 7.47. The molecular weight excluding hydrogens is 370 g/mol. The zero-order valence-electron chi connectivity index (χ0n) is 14.2. The minimum atomic E-state index is -3.92. The molecular formula is C17H15N5O4S. The monoisotopic (exact) mass is 385 g/mol. The van der Waals surface area contributed by atoms with Crippen LogP contribution in [0.3, 0.4) is 0 Å². The first-order valence-electron chi connectivity index (χ1n) is 8.12. The van der Waals surface area contributed by atoms with Crippen molar-refractivity contribution in [2.45, 2.75) is 18.2 Å². The maximum atomic E-state index is 12.8. The van der Waals surface area contributed by atoms with Crippen molar-refractivity contribution in [3.63, 3.8) is 0 Å². The molecule has 0 atom stereocenters. The van der Waals surface area contributed by atoms with Crippen LogP contribution in [0.15, 0.2) is 56.6 Å². The normalized spacial score (nSPS) is 11.7. The van der Waals surface area contributed by atoms with Gasteiger partial charge in [-0.05, 0) is 24.3 Å². The fraction of sp³-hybridized carbons (Fsp3) is 0.118. The van der Waals surface area contributed by atoms with E-state index in [-0.39, 0.29) is 10.5 Å². The maximum Gasteiger partial charge on any atom is 0.417 e. The average Bonchev–Trinajstić information content (AvgIpc) is 3.26. The fourth-order valence-corrected chi connectivity index (χ4v) is 3.73. The second-order valence-electron chi connectivity index (χ2n) is 5.78. The number of para-hydroxylation sites is 1. The lowest BCUT2D eigenvalue weighted by atomic mass is 10.2. The van der Waals surface area contributed by atoms with Crippen LogP contribution in [0.25, 0.3) is 22.5 Å². The molecule has 0 unspecified atom stereocenters. The Morgan fingerprint density at radius 2 is 2.00 bits per heavy atom. The lowest BCUT2D eigenvalue weighted by molar-refractivity contribution is 0.554. The van der Waals surface area contributed by atoms with Gasteiger partial charge in [-0.3, -0.25) is 14.8 Å². The number of nitrogens with one attached hydrogen (secondary N) is 3. The van der Waals surface area contributed by atoms with E-state index in [4.69, 9.17) is 4.42 Å². The number of benzene rings is 2. The average molecular weight is 385 g/mol. The van der Waals surface area contributed by atoms with Gasteiger partial charge in [0.15, 0.2) is 11.4 Å². The van der Waals surface area contributed by atoms with E-state index in [2.05, 4.69) is 24.9 Å². The van der Waals surface area contributed by atoms with E-state index in [0.29, 0.717) is 34.8 Å². The molecule has 0 aliphatic heterocycles. The van der Waals surface area contributed by atoms with Crippen LogP contribution in [0.2, 0.25) is 0 Å². The zero-order valence-corrected chi connectivity index (χ0v) is 15.0. The number of aryl methyl sites for hydroxylation is 1. The van der Waals surface area contributed by atoms with E-state index >= 15 is 0 Å². The molecule has 0 aliphatic carbocycles. The summed E-state index contributed by atoms with van der Waals surface area (Å²) in [6.45, 7) is 1.94. The highest BCUT2D eigenvalue weighted by Crippen LogP contribution is 2.28. The van der Waals surface area contributed by atoms with Crippen LogP contribution in [0.1, 0.15) is 12.7 Å². The number of oxazole rings is 1. The molecule has 0 saturated heterocycles. The first kappa shape index (κ1) is 17.0. The summed E-state index contributed by atoms with van der Waals surface area (Å²) >= 11 is 0. The molecule has 0 amide bonds. The van der Waals surface area contributed by atoms with Crippen LogP contribution in [0.5, 0.6) is 0 Å². The quantitative estimate of drug-likeness (QED) is 0.482. The van der Waals surface area contributed by atoms with Crippen molar-refractivity contribution in [2.24, 2.45) is 0 Å². The summed E-state index contributed by atoms with van der Waals surface area (Å²) in [6.07, 6.45) is 0.683. The number of nitrogens with zero attached hydrogens (tertiary/aromatic N) is 2. The van der Waals surface area contributed by atoms with Gasteiger partial charge < -0.3 is 4.42 Å². The van der Waals surface area contributed by atoms with Crippen molar-refractivity contribution in [1.82, 2.24) is 20.2 Å². The zero-order chi connectivity index (χ0) is 19.0. The second kappa shape index (κ2) is 6.40. The Bertz CT molecular complexity index is 1290. The van der Waals surface area contributed by atoms with Crippen molar-refractivity contribution < 1.29 is 12.8 Å². The molecule has 4 rings (SSSR count). The molecule has 2 aromatic heterocycles. The highest BCUT2D eigenvalue weighted by molar-refractivity contribution is 7.92. The van der Waals surface area contributed by atoms with Crippen LogP contribution in [-0.4, -0.2) is 28.6 Å². The Morgan fingerprint density at radius 1 is 1.19 bits per heavy atom. The molecule has 0 radical (unpaired) electrons. The highest BCUT2D eigenvalue weighted by Gasteiger charge is 2.19. The minimum absolute atomic E-state index is 0.0308. The van der Waals surface area contributed by atoms with Crippen LogP contribution in [0, 0.1) is 0 Å².